The number of aliphatic carboxylic acids is 3. The standard InChI is InChI=1S/C26H43N5O9S.Gd/c1-21(32)16-29-13-12-27(18-24(33)34)10-11-28(19-25(35)36)14-15-30(20-26(37)38)23(17-29)31(41(2,39)40)9-8-22-6-4-3-5-7-22;/h3-7,21,23,32H,8-20H2,1-2H3,(H,33,34)(H,35,36)(H,37,38);/q;+3/p-3. The van der Waals surface area contributed by atoms with Crippen LogP contribution in [0.3, 0.4) is 0 Å². The van der Waals surface area contributed by atoms with E-state index >= 15 is 0 Å². The van der Waals surface area contributed by atoms with Crippen molar-refractivity contribution in [2.24, 2.45) is 0 Å². The topological polar surface area (TPSA) is 191 Å². The second-order valence-corrected chi connectivity index (χ2v) is 12.3. The maximum Gasteiger partial charge on any atom is 3.00 e. The number of sulfonamides is 1. The number of carboxylic acids is 3. The Bertz CT molecular complexity index is 1100. The third-order valence-electron chi connectivity index (χ3n) is 6.79. The van der Waals surface area contributed by atoms with Crippen molar-refractivity contribution in [1.82, 2.24) is 23.9 Å². The molecule has 1 aromatic rings. The average molecular weight is 756 g/mol. The number of carbonyl (C=O) groups excluding carboxylic acids is 3. The Balaban J connectivity index is 0.00000882. The minimum Gasteiger partial charge on any atom is -0.549 e. The SMILES string of the molecule is CC(O)CN1CCN(CC(=O)[O-])CCN(CC(=O)[O-])CCN(CC(=O)[O-])C(N(CCc2ccccc2)S(C)(=O)=O)C1.[Gd+3]. The summed E-state index contributed by atoms with van der Waals surface area (Å²) in [6.07, 6.45) is -0.462. The van der Waals surface area contributed by atoms with Crippen molar-refractivity contribution in [3.8, 4) is 0 Å². The molecule has 1 aromatic carbocycles. The van der Waals surface area contributed by atoms with E-state index in [4.69, 9.17) is 0 Å². The first-order chi connectivity index (χ1) is 19.2. The van der Waals surface area contributed by atoms with Crippen molar-refractivity contribution < 1.29 is 83.2 Å². The number of carboxylic acid groups (broad SMARTS) is 3. The van der Waals surface area contributed by atoms with Gasteiger partial charge in [-0.05, 0) is 18.9 Å². The Morgan fingerprint density at radius 3 is 1.81 bits per heavy atom. The summed E-state index contributed by atoms with van der Waals surface area (Å²) < 4.78 is 27.5. The molecule has 14 nitrogen and oxygen atoms in total. The van der Waals surface area contributed by atoms with Gasteiger partial charge in [0, 0.05) is 78.5 Å². The van der Waals surface area contributed by atoms with E-state index in [0.717, 1.165) is 11.8 Å². The minimum atomic E-state index is -3.90. The first-order valence-electron chi connectivity index (χ1n) is 13.4. The number of benzene rings is 1. The molecule has 237 valence electrons. The molecule has 0 saturated carbocycles. The molecule has 1 saturated heterocycles. The number of β-amino-alcohol motifs (C(OH)–C–C–N with tert-alkyl or cyclic N) is 1. The van der Waals surface area contributed by atoms with Gasteiger partial charge in [0.15, 0.2) is 0 Å². The average Bonchev–Trinajstić information content (AvgIpc) is 2.85. The molecule has 0 aromatic heterocycles. The Morgan fingerprint density at radius 1 is 0.881 bits per heavy atom. The van der Waals surface area contributed by atoms with Crippen LogP contribution >= 0.6 is 0 Å². The van der Waals surface area contributed by atoms with E-state index in [2.05, 4.69) is 0 Å². The molecule has 0 aliphatic carbocycles. The fourth-order valence-electron chi connectivity index (χ4n) is 4.91. The van der Waals surface area contributed by atoms with E-state index < -0.39 is 59.8 Å². The zero-order chi connectivity index (χ0) is 30.6. The summed E-state index contributed by atoms with van der Waals surface area (Å²) in [5.74, 6) is -4.12. The largest absolute Gasteiger partial charge is 3.00 e. The fourth-order valence-corrected chi connectivity index (χ4v) is 5.98. The van der Waals surface area contributed by atoms with Crippen molar-refractivity contribution in [3.05, 3.63) is 35.9 Å². The van der Waals surface area contributed by atoms with Gasteiger partial charge in [-0.15, -0.1) is 0 Å². The van der Waals surface area contributed by atoms with Gasteiger partial charge in [0.1, 0.15) is 0 Å². The van der Waals surface area contributed by atoms with E-state index in [-0.39, 0.29) is 98.8 Å². The predicted molar refractivity (Wildman–Crippen MR) is 143 cm³/mol. The molecule has 0 amide bonds. The quantitative estimate of drug-likeness (QED) is 0.201. The second kappa shape index (κ2) is 19.1. The molecule has 2 unspecified atom stereocenters. The number of rotatable bonds is 13. The summed E-state index contributed by atoms with van der Waals surface area (Å²) in [5.41, 5.74) is 0.875. The zero-order valence-corrected chi connectivity index (χ0v) is 27.0. The van der Waals surface area contributed by atoms with Crippen LogP contribution in [0.5, 0.6) is 0 Å². The van der Waals surface area contributed by atoms with Crippen LogP contribution in [-0.2, 0) is 30.8 Å². The van der Waals surface area contributed by atoms with Crippen LogP contribution in [0.25, 0.3) is 0 Å². The minimum absolute atomic E-state index is 0. The maximum absolute atomic E-state index is 13.2. The molecule has 16 heteroatoms. The third kappa shape index (κ3) is 14.9. The molecule has 2 atom stereocenters. The van der Waals surface area contributed by atoms with Crippen LogP contribution in [-0.4, -0.2) is 152 Å². The zero-order valence-electron chi connectivity index (χ0n) is 23.9. The van der Waals surface area contributed by atoms with Gasteiger partial charge < -0.3 is 34.8 Å². The van der Waals surface area contributed by atoms with Crippen molar-refractivity contribution in [2.75, 3.05) is 84.8 Å². The number of aliphatic hydroxyl groups excluding tert-OH is 1. The number of nitrogens with zero attached hydrogens (tertiary/aromatic N) is 5. The van der Waals surface area contributed by atoms with E-state index in [1.54, 1.807) is 16.7 Å². The van der Waals surface area contributed by atoms with Crippen molar-refractivity contribution >= 4 is 27.9 Å². The first-order valence-corrected chi connectivity index (χ1v) is 15.3. The summed E-state index contributed by atoms with van der Waals surface area (Å²) >= 11 is 0. The van der Waals surface area contributed by atoms with Crippen LogP contribution in [0.4, 0.5) is 0 Å². The molecular formula is C26H40GdN5O9S. The summed E-state index contributed by atoms with van der Waals surface area (Å²) in [6.45, 7) is 0.878. The normalized spacial score (nSPS) is 19.8. The summed E-state index contributed by atoms with van der Waals surface area (Å²) in [6, 6.07) is 9.19. The van der Waals surface area contributed by atoms with E-state index in [0.29, 0.717) is 6.42 Å². The van der Waals surface area contributed by atoms with Crippen LogP contribution in [0.1, 0.15) is 12.5 Å². The number of hydrogen-bond donors (Lipinski definition) is 1. The maximum atomic E-state index is 13.2. The Kier molecular flexibility index (Phi) is 17.6. The summed E-state index contributed by atoms with van der Waals surface area (Å²) in [5, 5.41) is 44.8. The van der Waals surface area contributed by atoms with Gasteiger partial charge in [0.25, 0.3) is 0 Å². The van der Waals surface area contributed by atoms with Gasteiger partial charge >= 0.3 is 39.9 Å². The molecule has 1 fully saturated rings. The van der Waals surface area contributed by atoms with Gasteiger partial charge in [0.2, 0.25) is 10.0 Å². The molecule has 42 heavy (non-hydrogen) atoms. The van der Waals surface area contributed by atoms with Gasteiger partial charge in [-0.1, -0.05) is 30.3 Å². The van der Waals surface area contributed by atoms with E-state index in [9.17, 15) is 43.2 Å². The number of carbonyl (C=O) groups is 3. The van der Waals surface area contributed by atoms with Crippen molar-refractivity contribution in [1.29, 1.82) is 0 Å². The van der Waals surface area contributed by atoms with Gasteiger partial charge in [0.05, 0.1) is 36.4 Å². The van der Waals surface area contributed by atoms with Gasteiger partial charge in [-0.25, -0.2) is 8.42 Å². The van der Waals surface area contributed by atoms with Gasteiger partial charge in [-0.3, -0.25) is 19.6 Å². The first kappa shape index (κ1) is 38.7. The molecule has 1 heterocycles. The van der Waals surface area contributed by atoms with Crippen LogP contribution in [0, 0.1) is 39.9 Å². The van der Waals surface area contributed by atoms with Crippen LogP contribution in [0.15, 0.2) is 30.3 Å². The summed E-state index contributed by atoms with van der Waals surface area (Å²) in [4.78, 5) is 40.9. The second-order valence-electron chi connectivity index (χ2n) is 10.3. The Morgan fingerprint density at radius 2 is 1.36 bits per heavy atom. The molecule has 2 rings (SSSR count). The molecular weight excluding hydrogens is 716 g/mol. The number of aliphatic hydroxyl groups is 1. The van der Waals surface area contributed by atoms with Crippen LogP contribution < -0.4 is 15.3 Å². The molecule has 1 radical (unpaired) electrons. The smallest absolute Gasteiger partial charge is 0.549 e. The van der Waals surface area contributed by atoms with Crippen molar-refractivity contribution in [2.45, 2.75) is 25.6 Å². The molecule has 0 bridgehead atoms. The monoisotopic (exact) mass is 756 g/mol. The predicted octanol–water partition coefficient (Wildman–Crippen LogP) is -5.33. The Hall–Kier alpha value is -1.34. The number of hydrogen-bond acceptors (Lipinski definition) is 13. The molecule has 1 N–H and O–H groups in total. The Labute approximate surface area is 279 Å². The molecule has 1 aliphatic heterocycles. The third-order valence-corrected chi connectivity index (χ3v) is 8.07. The summed E-state index contributed by atoms with van der Waals surface area (Å²) in [7, 11) is -3.90. The fraction of sp³-hybridized carbons (Fsp3) is 0.654. The van der Waals surface area contributed by atoms with E-state index in [1.165, 1.54) is 14.1 Å². The molecule has 0 spiro atoms. The molecule has 1 aliphatic rings. The van der Waals surface area contributed by atoms with Crippen LogP contribution in [0.2, 0.25) is 0 Å². The van der Waals surface area contributed by atoms with E-state index in [1.807, 2.05) is 30.3 Å². The van der Waals surface area contributed by atoms with Crippen molar-refractivity contribution in [3.63, 3.8) is 0 Å². The van der Waals surface area contributed by atoms with Gasteiger partial charge in [-0.2, -0.15) is 4.31 Å².